The third kappa shape index (κ3) is 2.69. The van der Waals surface area contributed by atoms with E-state index in [9.17, 15) is 13.2 Å². The molecule has 0 saturated heterocycles. The lowest BCUT2D eigenvalue weighted by atomic mass is 10.2. The van der Waals surface area contributed by atoms with Crippen LogP contribution >= 0.6 is 0 Å². The van der Waals surface area contributed by atoms with Gasteiger partial charge < -0.3 is 0 Å². The first-order valence-electron chi connectivity index (χ1n) is 6.46. The largest absolute Gasteiger partial charge is 0.433 e. The summed E-state index contributed by atoms with van der Waals surface area (Å²) in [7, 11) is 0. The molecular weight excluding hydrogens is 293 g/mol. The van der Waals surface area contributed by atoms with Crippen molar-refractivity contribution in [2.24, 2.45) is 0 Å². The Morgan fingerprint density at radius 2 is 1.91 bits per heavy atom. The Hall–Kier alpha value is -2.70. The van der Waals surface area contributed by atoms with Gasteiger partial charge in [0.2, 0.25) is 0 Å². The topological polar surface area (TPSA) is 43.6 Å². The Balaban J connectivity index is 2.16. The number of hydrogen-bond donors (Lipinski definition) is 0. The number of alkyl halides is 3. The predicted molar refractivity (Wildman–Crippen MR) is 74.3 cm³/mol. The predicted octanol–water partition coefficient (Wildman–Crippen LogP) is 3.66. The Kier molecular flexibility index (Phi) is 3.40. The maximum atomic E-state index is 13.2. The van der Waals surface area contributed by atoms with E-state index in [-0.39, 0.29) is 11.5 Å². The number of aryl methyl sites for hydroxylation is 1. The Labute approximate surface area is 124 Å². The summed E-state index contributed by atoms with van der Waals surface area (Å²) < 4.78 is 40.5. The summed E-state index contributed by atoms with van der Waals surface area (Å²) in [5, 5.41) is 4.04. The monoisotopic (exact) mass is 304 g/mol. The zero-order chi connectivity index (χ0) is 15.7. The molecule has 0 spiro atoms. The van der Waals surface area contributed by atoms with Crippen molar-refractivity contribution in [2.75, 3.05) is 0 Å². The lowest BCUT2D eigenvalue weighted by Gasteiger charge is -2.09. The molecule has 0 aliphatic rings. The van der Waals surface area contributed by atoms with Crippen LogP contribution in [0.25, 0.3) is 17.1 Å². The van der Waals surface area contributed by atoms with E-state index < -0.39 is 11.9 Å². The van der Waals surface area contributed by atoms with Crippen LogP contribution in [0.2, 0.25) is 0 Å². The number of nitrogens with zero attached hydrogens (tertiary/aromatic N) is 4. The summed E-state index contributed by atoms with van der Waals surface area (Å²) in [6.45, 7) is 1.81. The number of pyridine rings is 2. The molecule has 22 heavy (non-hydrogen) atoms. The molecule has 3 rings (SSSR count). The molecule has 3 heterocycles. The molecule has 0 saturated carbocycles. The first-order valence-corrected chi connectivity index (χ1v) is 6.46. The molecule has 112 valence electrons. The molecule has 0 bridgehead atoms. The Morgan fingerprint density at radius 3 is 2.50 bits per heavy atom. The lowest BCUT2D eigenvalue weighted by Crippen LogP contribution is -2.14. The molecule has 0 unspecified atom stereocenters. The van der Waals surface area contributed by atoms with Gasteiger partial charge in [-0.05, 0) is 36.8 Å². The van der Waals surface area contributed by atoms with Crippen LogP contribution < -0.4 is 0 Å². The highest BCUT2D eigenvalue weighted by Crippen LogP contribution is 2.33. The Morgan fingerprint density at radius 1 is 1.09 bits per heavy atom. The molecule has 0 aliphatic carbocycles. The molecule has 7 heteroatoms. The second-order valence-electron chi connectivity index (χ2n) is 4.76. The van der Waals surface area contributed by atoms with Crippen LogP contribution in [-0.2, 0) is 6.18 Å². The fourth-order valence-corrected chi connectivity index (χ4v) is 2.00. The summed E-state index contributed by atoms with van der Waals surface area (Å²) in [6, 6.07) is 7.49. The molecule has 3 aromatic heterocycles. The molecule has 0 N–H and O–H groups in total. The second kappa shape index (κ2) is 5.25. The van der Waals surface area contributed by atoms with E-state index >= 15 is 0 Å². The first kappa shape index (κ1) is 14.2. The van der Waals surface area contributed by atoms with Gasteiger partial charge in [0.1, 0.15) is 0 Å². The first-order chi connectivity index (χ1) is 10.4. The number of rotatable bonds is 2. The SMILES string of the molecule is Cc1ccc(-n2nc(-c3cccnc3)cc2C(F)(F)F)nc1. The smallest absolute Gasteiger partial charge is 0.264 e. The summed E-state index contributed by atoms with van der Waals surface area (Å²) in [5.41, 5.74) is 0.696. The van der Waals surface area contributed by atoms with Crippen LogP contribution in [0.3, 0.4) is 0 Å². The maximum Gasteiger partial charge on any atom is 0.433 e. The molecular formula is C15H11F3N4. The van der Waals surface area contributed by atoms with E-state index in [0.29, 0.717) is 5.56 Å². The number of halogens is 3. The fraction of sp³-hybridized carbons (Fsp3) is 0.133. The third-order valence-corrected chi connectivity index (χ3v) is 3.07. The van der Waals surface area contributed by atoms with E-state index in [1.807, 2.05) is 6.92 Å². The quantitative estimate of drug-likeness (QED) is 0.725. The molecule has 0 amide bonds. The van der Waals surface area contributed by atoms with E-state index in [1.54, 1.807) is 24.4 Å². The molecule has 3 aromatic rings. The van der Waals surface area contributed by atoms with Gasteiger partial charge in [0.15, 0.2) is 11.5 Å². The summed E-state index contributed by atoms with van der Waals surface area (Å²) in [4.78, 5) is 7.91. The zero-order valence-corrected chi connectivity index (χ0v) is 11.5. The number of hydrogen-bond acceptors (Lipinski definition) is 3. The zero-order valence-electron chi connectivity index (χ0n) is 11.5. The van der Waals surface area contributed by atoms with Crippen molar-refractivity contribution in [3.8, 4) is 17.1 Å². The van der Waals surface area contributed by atoms with E-state index in [2.05, 4.69) is 15.1 Å². The summed E-state index contributed by atoms with van der Waals surface area (Å²) in [5.74, 6) is 0.119. The molecule has 0 aromatic carbocycles. The summed E-state index contributed by atoms with van der Waals surface area (Å²) >= 11 is 0. The highest BCUT2D eigenvalue weighted by Gasteiger charge is 2.36. The van der Waals surface area contributed by atoms with Crippen LogP contribution in [0.4, 0.5) is 13.2 Å². The molecule has 0 atom stereocenters. The van der Waals surface area contributed by atoms with E-state index in [1.165, 1.54) is 18.5 Å². The van der Waals surface area contributed by atoms with Gasteiger partial charge in [-0.1, -0.05) is 6.07 Å². The molecule has 4 nitrogen and oxygen atoms in total. The average molecular weight is 304 g/mol. The Bertz CT molecular complexity index is 777. The van der Waals surface area contributed by atoms with Gasteiger partial charge in [-0.15, -0.1) is 0 Å². The lowest BCUT2D eigenvalue weighted by molar-refractivity contribution is -0.142. The van der Waals surface area contributed by atoms with Crippen molar-refractivity contribution in [1.29, 1.82) is 0 Å². The minimum absolute atomic E-state index is 0.119. The van der Waals surface area contributed by atoms with Gasteiger partial charge in [-0.3, -0.25) is 4.98 Å². The van der Waals surface area contributed by atoms with Gasteiger partial charge in [0, 0.05) is 24.2 Å². The van der Waals surface area contributed by atoms with Gasteiger partial charge in [-0.25, -0.2) is 9.67 Å². The fourth-order valence-electron chi connectivity index (χ4n) is 2.00. The highest BCUT2D eigenvalue weighted by atomic mass is 19.4. The third-order valence-electron chi connectivity index (χ3n) is 3.07. The molecule has 0 aliphatic heterocycles. The normalized spacial score (nSPS) is 11.6. The van der Waals surface area contributed by atoms with E-state index in [4.69, 9.17) is 0 Å². The second-order valence-corrected chi connectivity index (χ2v) is 4.76. The summed E-state index contributed by atoms with van der Waals surface area (Å²) in [6.07, 6.45) is -0.0109. The van der Waals surface area contributed by atoms with Crippen molar-refractivity contribution in [3.05, 3.63) is 60.2 Å². The van der Waals surface area contributed by atoms with Crippen LogP contribution in [0.15, 0.2) is 48.9 Å². The average Bonchev–Trinajstić information content (AvgIpc) is 2.94. The molecule has 0 radical (unpaired) electrons. The van der Waals surface area contributed by atoms with Crippen molar-refractivity contribution < 1.29 is 13.2 Å². The van der Waals surface area contributed by atoms with Gasteiger partial charge in [0.05, 0.1) is 5.69 Å². The van der Waals surface area contributed by atoms with Crippen LogP contribution in [-0.4, -0.2) is 19.7 Å². The van der Waals surface area contributed by atoms with Gasteiger partial charge in [0.25, 0.3) is 0 Å². The highest BCUT2D eigenvalue weighted by molar-refractivity contribution is 5.58. The standard InChI is InChI=1S/C15H11F3N4/c1-10-4-5-14(20-8-10)22-13(15(16,17)18)7-12(21-22)11-3-2-6-19-9-11/h2-9H,1H3. The van der Waals surface area contributed by atoms with Crippen molar-refractivity contribution in [2.45, 2.75) is 13.1 Å². The number of aromatic nitrogens is 4. The van der Waals surface area contributed by atoms with Crippen LogP contribution in [0, 0.1) is 6.92 Å². The van der Waals surface area contributed by atoms with Crippen LogP contribution in [0.5, 0.6) is 0 Å². The van der Waals surface area contributed by atoms with Crippen molar-refractivity contribution >= 4 is 0 Å². The maximum absolute atomic E-state index is 13.2. The van der Waals surface area contributed by atoms with Crippen molar-refractivity contribution in [3.63, 3.8) is 0 Å². The minimum atomic E-state index is -4.53. The van der Waals surface area contributed by atoms with Gasteiger partial charge in [-0.2, -0.15) is 18.3 Å². The van der Waals surface area contributed by atoms with Crippen LogP contribution in [0.1, 0.15) is 11.3 Å². The molecule has 0 fully saturated rings. The van der Waals surface area contributed by atoms with Crippen molar-refractivity contribution in [1.82, 2.24) is 19.7 Å². The van der Waals surface area contributed by atoms with Gasteiger partial charge >= 0.3 is 6.18 Å². The minimum Gasteiger partial charge on any atom is -0.264 e. The van der Waals surface area contributed by atoms with E-state index in [0.717, 1.165) is 16.3 Å².